The number of isothiocyanates is 2. The number of hydrogen-bond acceptors (Lipinski definition) is 6. The van der Waals surface area contributed by atoms with Crippen molar-refractivity contribution in [3.63, 3.8) is 0 Å². The van der Waals surface area contributed by atoms with Crippen molar-refractivity contribution >= 4 is 40.7 Å². The van der Waals surface area contributed by atoms with E-state index in [-0.39, 0.29) is 0 Å². The molecule has 0 aromatic heterocycles. The highest BCUT2D eigenvalue weighted by Gasteiger charge is 2.12. The molecule has 0 spiro atoms. The van der Waals surface area contributed by atoms with E-state index in [1.165, 1.54) is 0 Å². The van der Waals surface area contributed by atoms with E-state index in [1.54, 1.807) is 30.3 Å². The summed E-state index contributed by atoms with van der Waals surface area (Å²) >= 11 is 8.76. The average Bonchev–Trinajstić information content (AvgIpc) is 2.31. The zero-order valence-corrected chi connectivity index (χ0v) is 9.62. The Morgan fingerprint density at radius 1 is 1.19 bits per heavy atom. The van der Waals surface area contributed by atoms with Gasteiger partial charge in [-0.2, -0.15) is 9.98 Å². The highest BCUT2D eigenvalue weighted by molar-refractivity contribution is 7.78. The van der Waals surface area contributed by atoms with Gasteiger partial charge in [-0.3, -0.25) is 0 Å². The van der Waals surface area contributed by atoms with E-state index in [2.05, 4.69) is 44.7 Å². The lowest BCUT2D eigenvalue weighted by Gasteiger charge is -2.06. The van der Waals surface area contributed by atoms with Crippen LogP contribution in [-0.2, 0) is 4.74 Å². The highest BCUT2D eigenvalue weighted by Crippen LogP contribution is 2.04. The number of nitrogens with zero attached hydrogens (tertiary/aromatic N) is 2. The molecule has 1 aromatic carbocycles. The van der Waals surface area contributed by atoms with Crippen molar-refractivity contribution in [2.75, 3.05) is 0 Å². The van der Waals surface area contributed by atoms with E-state index < -0.39 is 12.3 Å². The van der Waals surface area contributed by atoms with Gasteiger partial charge in [0.1, 0.15) is 0 Å². The second-order valence-corrected chi connectivity index (χ2v) is 2.90. The molecular formula is C10H6N2O2S2. The molecule has 0 aliphatic heterocycles. The van der Waals surface area contributed by atoms with Crippen LogP contribution in [0, 0.1) is 0 Å². The number of hydrogen-bond donors (Lipinski definition) is 0. The van der Waals surface area contributed by atoms with Gasteiger partial charge in [0.25, 0.3) is 0 Å². The van der Waals surface area contributed by atoms with Crippen molar-refractivity contribution in [1.82, 2.24) is 0 Å². The molecule has 0 aliphatic carbocycles. The standard InChI is InChI=1S/C10H6N2O2S2/c13-9(8-4-2-1-3-5-8)14-10(11-6-15)12-7-16/h1-5,10H. The van der Waals surface area contributed by atoms with Crippen molar-refractivity contribution in [3.8, 4) is 0 Å². The Bertz CT molecular complexity index is 445. The summed E-state index contributed by atoms with van der Waals surface area (Å²) < 4.78 is 4.89. The molecule has 1 rings (SSSR count). The smallest absolute Gasteiger partial charge is 0.341 e. The lowest BCUT2D eigenvalue weighted by Crippen LogP contribution is -2.13. The van der Waals surface area contributed by atoms with Crippen LogP contribution in [0.4, 0.5) is 0 Å². The normalized spacial score (nSPS) is 10.5. The molecule has 0 aliphatic rings. The third-order valence-corrected chi connectivity index (χ3v) is 1.76. The first kappa shape index (κ1) is 12.4. The summed E-state index contributed by atoms with van der Waals surface area (Å²) in [5.74, 6) is -0.561. The minimum absolute atomic E-state index is 0.395. The highest BCUT2D eigenvalue weighted by atomic mass is 32.1. The summed E-state index contributed by atoms with van der Waals surface area (Å²) in [5.41, 5.74) is 0.395. The third-order valence-electron chi connectivity index (χ3n) is 1.55. The predicted octanol–water partition coefficient (Wildman–Crippen LogP) is 2.33. The molecule has 0 N–H and O–H groups in total. The Kier molecular flexibility index (Phi) is 5.19. The minimum atomic E-state index is -1.11. The fourth-order valence-corrected chi connectivity index (χ4v) is 1.09. The maximum Gasteiger partial charge on any atom is 0.341 e. The first-order valence-corrected chi connectivity index (χ1v) is 4.99. The Balaban J connectivity index is 2.76. The van der Waals surface area contributed by atoms with E-state index in [1.807, 2.05) is 0 Å². The molecule has 0 unspecified atom stereocenters. The number of aliphatic imine (C=N–C) groups is 2. The van der Waals surface area contributed by atoms with E-state index in [9.17, 15) is 4.79 Å². The maximum atomic E-state index is 11.5. The zero-order valence-electron chi connectivity index (χ0n) is 7.99. The van der Waals surface area contributed by atoms with E-state index >= 15 is 0 Å². The summed E-state index contributed by atoms with van der Waals surface area (Å²) in [6.45, 7) is 0. The molecule has 0 atom stereocenters. The lowest BCUT2D eigenvalue weighted by molar-refractivity contribution is 0.0344. The van der Waals surface area contributed by atoms with Gasteiger partial charge >= 0.3 is 12.3 Å². The van der Waals surface area contributed by atoms with Crippen LogP contribution in [0.5, 0.6) is 0 Å². The van der Waals surface area contributed by atoms with Crippen LogP contribution in [0.25, 0.3) is 0 Å². The maximum absolute atomic E-state index is 11.5. The topological polar surface area (TPSA) is 51.0 Å². The van der Waals surface area contributed by atoms with Crippen molar-refractivity contribution in [2.45, 2.75) is 6.35 Å². The molecule has 0 amide bonds. The van der Waals surface area contributed by atoms with E-state index in [0.717, 1.165) is 0 Å². The number of thiocarbonyl (C=S) groups is 2. The van der Waals surface area contributed by atoms with Gasteiger partial charge in [-0.1, -0.05) is 18.2 Å². The molecule has 0 bridgehead atoms. The Hall–Kier alpha value is -1.71. The monoisotopic (exact) mass is 250 g/mol. The number of carbonyl (C=O) groups excluding carboxylic acids is 1. The molecular weight excluding hydrogens is 244 g/mol. The van der Waals surface area contributed by atoms with Gasteiger partial charge in [-0.05, 0) is 36.6 Å². The summed E-state index contributed by atoms with van der Waals surface area (Å²) in [6.07, 6.45) is -1.11. The molecule has 0 saturated carbocycles. The van der Waals surface area contributed by atoms with Crippen LogP contribution in [0.15, 0.2) is 40.3 Å². The molecule has 0 saturated heterocycles. The quantitative estimate of drug-likeness (QED) is 0.467. The molecule has 0 fully saturated rings. The summed E-state index contributed by atoms with van der Waals surface area (Å²) in [5, 5.41) is 4.12. The number of esters is 1. The van der Waals surface area contributed by atoms with Crippen LogP contribution in [-0.4, -0.2) is 22.6 Å². The Labute approximate surface area is 103 Å². The molecule has 0 heterocycles. The van der Waals surface area contributed by atoms with E-state index in [4.69, 9.17) is 4.74 Å². The van der Waals surface area contributed by atoms with Crippen LogP contribution in [0.3, 0.4) is 0 Å². The summed E-state index contributed by atoms with van der Waals surface area (Å²) in [4.78, 5) is 18.5. The van der Waals surface area contributed by atoms with Crippen molar-refractivity contribution < 1.29 is 9.53 Å². The first-order chi connectivity index (χ1) is 7.77. The molecule has 4 nitrogen and oxygen atoms in total. The second kappa shape index (κ2) is 6.71. The van der Waals surface area contributed by atoms with Gasteiger partial charge in [0, 0.05) is 0 Å². The largest absolute Gasteiger partial charge is 0.414 e. The van der Waals surface area contributed by atoms with Crippen LogP contribution in [0.1, 0.15) is 10.4 Å². The number of ether oxygens (including phenoxy) is 1. The van der Waals surface area contributed by atoms with Crippen molar-refractivity contribution in [1.29, 1.82) is 0 Å². The predicted molar refractivity (Wildman–Crippen MR) is 65.7 cm³/mol. The van der Waals surface area contributed by atoms with Gasteiger partial charge in [-0.15, -0.1) is 0 Å². The van der Waals surface area contributed by atoms with Crippen LogP contribution in [0.2, 0.25) is 0 Å². The fraction of sp³-hybridized carbons (Fsp3) is 0.100. The lowest BCUT2D eigenvalue weighted by atomic mass is 10.2. The van der Waals surface area contributed by atoms with Gasteiger partial charge in [0.05, 0.1) is 15.9 Å². The number of rotatable bonds is 4. The molecule has 80 valence electrons. The number of carbonyl (C=O) groups is 1. The van der Waals surface area contributed by atoms with E-state index in [0.29, 0.717) is 5.56 Å². The first-order valence-electron chi connectivity index (χ1n) is 4.18. The Morgan fingerprint density at radius 3 is 2.25 bits per heavy atom. The van der Waals surface area contributed by atoms with Gasteiger partial charge in [0.2, 0.25) is 0 Å². The van der Waals surface area contributed by atoms with Gasteiger partial charge in [-0.25, -0.2) is 4.79 Å². The Morgan fingerprint density at radius 2 is 1.75 bits per heavy atom. The molecule has 1 aromatic rings. The SMILES string of the molecule is O=C(OC(N=C=S)N=C=S)c1ccccc1. The molecule has 16 heavy (non-hydrogen) atoms. The van der Waals surface area contributed by atoms with Crippen LogP contribution >= 0.6 is 24.4 Å². The van der Waals surface area contributed by atoms with Gasteiger partial charge < -0.3 is 4.74 Å². The summed E-state index contributed by atoms with van der Waals surface area (Å²) in [6, 6.07) is 8.45. The third kappa shape index (κ3) is 3.81. The second-order valence-electron chi connectivity index (χ2n) is 2.54. The zero-order chi connectivity index (χ0) is 11.8. The van der Waals surface area contributed by atoms with Crippen molar-refractivity contribution in [2.24, 2.45) is 9.98 Å². The van der Waals surface area contributed by atoms with Crippen LogP contribution < -0.4 is 0 Å². The van der Waals surface area contributed by atoms with Crippen molar-refractivity contribution in [3.05, 3.63) is 35.9 Å². The average molecular weight is 250 g/mol. The molecule has 0 radical (unpaired) electrons. The van der Waals surface area contributed by atoms with Gasteiger partial charge in [0.15, 0.2) is 0 Å². The fourth-order valence-electron chi connectivity index (χ4n) is 0.910. The number of benzene rings is 1. The molecule has 6 heteroatoms. The summed E-state index contributed by atoms with van der Waals surface area (Å²) in [7, 11) is 0. The minimum Gasteiger partial charge on any atom is -0.414 e.